The standard InChI is InChI=1S/C11H23NO2S/c1-4-5-9(2)8-14-11(13)10(12)6-7-15-3/h9-10H,4-8,12H2,1-3H3. The molecule has 4 heteroatoms. The molecule has 90 valence electrons. The highest BCUT2D eigenvalue weighted by molar-refractivity contribution is 7.98. The maximum absolute atomic E-state index is 11.4. The molecule has 0 aromatic carbocycles. The molecule has 2 unspecified atom stereocenters. The fourth-order valence-electron chi connectivity index (χ4n) is 1.27. The van der Waals surface area contributed by atoms with Crippen LogP contribution in [0.2, 0.25) is 0 Å². The van der Waals surface area contributed by atoms with Crippen molar-refractivity contribution >= 4 is 17.7 Å². The molecule has 2 N–H and O–H groups in total. The molecule has 2 atom stereocenters. The lowest BCUT2D eigenvalue weighted by Gasteiger charge is -2.14. The van der Waals surface area contributed by atoms with Crippen molar-refractivity contribution in [3.8, 4) is 0 Å². The molecular weight excluding hydrogens is 210 g/mol. The van der Waals surface area contributed by atoms with Gasteiger partial charge in [0.1, 0.15) is 6.04 Å². The second-order valence-electron chi connectivity index (χ2n) is 3.91. The molecule has 0 aromatic heterocycles. The minimum Gasteiger partial charge on any atom is -0.464 e. The van der Waals surface area contributed by atoms with Gasteiger partial charge in [-0.15, -0.1) is 0 Å². The van der Waals surface area contributed by atoms with E-state index in [9.17, 15) is 4.79 Å². The number of thioether (sulfide) groups is 1. The van der Waals surface area contributed by atoms with Crippen molar-refractivity contribution in [2.75, 3.05) is 18.6 Å². The number of hydrogen-bond donors (Lipinski definition) is 1. The lowest BCUT2D eigenvalue weighted by atomic mass is 10.1. The summed E-state index contributed by atoms with van der Waals surface area (Å²) in [5.41, 5.74) is 5.68. The van der Waals surface area contributed by atoms with Gasteiger partial charge in [-0.3, -0.25) is 4.79 Å². The van der Waals surface area contributed by atoms with Crippen LogP contribution in [0.3, 0.4) is 0 Å². The molecule has 3 nitrogen and oxygen atoms in total. The minimum absolute atomic E-state index is 0.257. The van der Waals surface area contributed by atoms with Crippen LogP contribution >= 0.6 is 11.8 Å². The van der Waals surface area contributed by atoms with Gasteiger partial charge >= 0.3 is 5.97 Å². The molecule has 15 heavy (non-hydrogen) atoms. The van der Waals surface area contributed by atoms with E-state index < -0.39 is 6.04 Å². The van der Waals surface area contributed by atoms with E-state index in [0.29, 0.717) is 18.9 Å². The summed E-state index contributed by atoms with van der Waals surface area (Å²) in [6, 6.07) is -0.453. The van der Waals surface area contributed by atoms with Crippen molar-refractivity contribution in [1.29, 1.82) is 0 Å². The van der Waals surface area contributed by atoms with Crippen molar-refractivity contribution in [3.05, 3.63) is 0 Å². The van der Waals surface area contributed by atoms with Crippen LogP contribution in [0.15, 0.2) is 0 Å². The SMILES string of the molecule is CCCC(C)COC(=O)C(N)CCSC. The molecule has 0 rings (SSSR count). The Morgan fingerprint density at radius 3 is 2.67 bits per heavy atom. The van der Waals surface area contributed by atoms with Crippen molar-refractivity contribution in [1.82, 2.24) is 0 Å². The molecule has 0 amide bonds. The monoisotopic (exact) mass is 233 g/mol. The number of carbonyl (C=O) groups excluding carboxylic acids is 1. The van der Waals surface area contributed by atoms with E-state index >= 15 is 0 Å². The molecule has 0 aromatic rings. The van der Waals surface area contributed by atoms with Gasteiger partial charge in [0.2, 0.25) is 0 Å². The second-order valence-corrected chi connectivity index (χ2v) is 4.90. The third kappa shape index (κ3) is 7.68. The molecule has 0 aliphatic rings. The average molecular weight is 233 g/mol. The molecule has 0 fully saturated rings. The summed E-state index contributed by atoms with van der Waals surface area (Å²) in [4.78, 5) is 11.4. The Hall–Kier alpha value is -0.220. The summed E-state index contributed by atoms with van der Waals surface area (Å²) < 4.78 is 5.14. The molecule has 0 aliphatic carbocycles. The van der Waals surface area contributed by atoms with E-state index in [1.165, 1.54) is 0 Å². The predicted octanol–water partition coefficient (Wildman–Crippen LogP) is 2.05. The van der Waals surface area contributed by atoms with Gasteiger partial charge in [-0.1, -0.05) is 20.3 Å². The molecule has 0 saturated carbocycles. The first-order valence-electron chi connectivity index (χ1n) is 5.53. The van der Waals surface area contributed by atoms with Crippen LogP contribution < -0.4 is 5.73 Å². The number of esters is 1. The summed E-state index contributed by atoms with van der Waals surface area (Å²) in [5.74, 6) is 1.08. The fourth-order valence-corrected chi connectivity index (χ4v) is 1.76. The van der Waals surface area contributed by atoms with Gasteiger partial charge in [0.25, 0.3) is 0 Å². The summed E-state index contributed by atoms with van der Waals surface area (Å²) in [5, 5.41) is 0. The van der Waals surface area contributed by atoms with Gasteiger partial charge < -0.3 is 10.5 Å². The third-order valence-corrected chi connectivity index (χ3v) is 2.87. The first kappa shape index (κ1) is 14.8. The Morgan fingerprint density at radius 1 is 1.47 bits per heavy atom. The smallest absolute Gasteiger partial charge is 0.322 e. The first-order chi connectivity index (χ1) is 7.11. The Morgan fingerprint density at radius 2 is 2.13 bits per heavy atom. The Kier molecular flexibility index (Phi) is 8.91. The summed E-state index contributed by atoms with van der Waals surface area (Å²) in [6.45, 7) is 4.71. The van der Waals surface area contributed by atoms with E-state index in [0.717, 1.165) is 18.6 Å². The molecule has 0 radical (unpaired) electrons. The van der Waals surface area contributed by atoms with Gasteiger partial charge in [0.05, 0.1) is 6.61 Å². The highest BCUT2D eigenvalue weighted by atomic mass is 32.2. The maximum Gasteiger partial charge on any atom is 0.322 e. The molecule has 0 saturated heterocycles. The lowest BCUT2D eigenvalue weighted by molar-refractivity contribution is -0.146. The molecule has 0 aliphatic heterocycles. The molecular formula is C11H23NO2S. The zero-order chi connectivity index (χ0) is 11.7. The van der Waals surface area contributed by atoms with E-state index in [-0.39, 0.29) is 5.97 Å². The van der Waals surface area contributed by atoms with Crippen LogP contribution in [-0.2, 0) is 9.53 Å². The lowest BCUT2D eigenvalue weighted by Crippen LogP contribution is -2.33. The third-order valence-electron chi connectivity index (χ3n) is 2.23. The average Bonchev–Trinajstić information content (AvgIpc) is 2.22. The molecule has 0 heterocycles. The predicted molar refractivity (Wildman–Crippen MR) is 66.0 cm³/mol. The van der Waals surface area contributed by atoms with E-state index in [1.54, 1.807) is 11.8 Å². The van der Waals surface area contributed by atoms with E-state index in [2.05, 4.69) is 13.8 Å². The normalized spacial score (nSPS) is 14.7. The van der Waals surface area contributed by atoms with Crippen LogP contribution in [0.5, 0.6) is 0 Å². The Bertz CT molecular complexity index is 176. The Balaban J connectivity index is 3.63. The van der Waals surface area contributed by atoms with E-state index in [1.807, 2.05) is 6.26 Å². The van der Waals surface area contributed by atoms with Crippen LogP contribution in [0.25, 0.3) is 0 Å². The zero-order valence-electron chi connectivity index (χ0n) is 9.99. The van der Waals surface area contributed by atoms with Gasteiger partial charge in [-0.25, -0.2) is 0 Å². The highest BCUT2D eigenvalue weighted by Crippen LogP contribution is 2.06. The van der Waals surface area contributed by atoms with E-state index in [4.69, 9.17) is 10.5 Å². The quantitative estimate of drug-likeness (QED) is 0.652. The van der Waals surface area contributed by atoms with Gasteiger partial charge in [-0.2, -0.15) is 11.8 Å². The highest BCUT2D eigenvalue weighted by Gasteiger charge is 2.15. The van der Waals surface area contributed by atoms with Gasteiger partial charge in [0.15, 0.2) is 0 Å². The van der Waals surface area contributed by atoms with Crippen molar-refractivity contribution in [2.45, 2.75) is 39.2 Å². The van der Waals surface area contributed by atoms with Gasteiger partial charge in [0, 0.05) is 0 Å². The maximum atomic E-state index is 11.4. The first-order valence-corrected chi connectivity index (χ1v) is 6.92. The topological polar surface area (TPSA) is 52.3 Å². The molecule has 0 spiro atoms. The van der Waals surface area contributed by atoms with Crippen LogP contribution in [0.1, 0.15) is 33.1 Å². The molecule has 0 bridgehead atoms. The van der Waals surface area contributed by atoms with Gasteiger partial charge in [-0.05, 0) is 30.8 Å². The van der Waals surface area contributed by atoms with Crippen LogP contribution in [0.4, 0.5) is 0 Å². The minimum atomic E-state index is -0.453. The number of nitrogens with two attached hydrogens (primary N) is 1. The van der Waals surface area contributed by atoms with Crippen LogP contribution in [-0.4, -0.2) is 30.6 Å². The summed E-state index contributed by atoms with van der Waals surface area (Å²) in [6.07, 6.45) is 4.91. The largest absolute Gasteiger partial charge is 0.464 e. The number of rotatable bonds is 8. The summed E-state index contributed by atoms with van der Waals surface area (Å²) >= 11 is 1.69. The number of carbonyl (C=O) groups is 1. The van der Waals surface area contributed by atoms with Crippen molar-refractivity contribution < 1.29 is 9.53 Å². The van der Waals surface area contributed by atoms with Crippen LogP contribution in [0, 0.1) is 5.92 Å². The number of hydrogen-bond acceptors (Lipinski definition) is 4. The summed E-state index contributed by atoms with van der Waals surface area (Å²) in [7, 11) is 0. The zero-order valence-corrected chi connectivity index (χ0v) is 10.8. The van der Waals surface area contributed by atoms with Crippen molar-refractivity contribution in [3.63, 3.8) is 0 Å². The number of ether oxygens (including phenoxy) is 1. The van der Waals surface area contributed by atoms with Crippen molar-refractivity contribution in [2.24, 2.45) is 11.7 Å². The second kappa shape index (κ2) is 9.04. The Labute approximate surface area is 97.1 Å². The fraction of sp³-hybridized carbons (Fsp3) is 0.909.